The fourth-order valence-electron chi connectivity index (χ4n) is 1.24. The number of hydrogen-bond acceptors (Lipinski definition) is 2. The minimum atomic E-state index is -0.109. The van der Waals surface area contributed by atoms with Gasteiger partial charge in [-0.3, -0.25) is 13.9 Å². The quantitative estimate of drug-likeness (QED) is 0.726. The van der Waals surface area contributed by atoms with E-state index in [1.807, 2.05) is 13.8 Å². The predicted octanol–water partition coefficient (Wildman–Crippen LogP) is 1.21. The fourth-order valence-corrected chi connectivity index (χ4v) is 1.24. The first-order valence-electron chi connectivity index (χ1n) is 4.85. The molecule has 4 heteroatoms. The summed E-state index contributed by atoms with van der Waals surface area (Å²) in [6.45, 7) is 5.86. The van der Waals surface area contributed by atoms with E-state index in [0.29, 0.717) is 6.42 Å². The first kappa shape index (κ1) is 10.8. The predicted molar refractivity (Wildman–Crippen MR) is 54.4 cm³/mol. The summed E-state index contributed by atoms with van der Waals surface area (Å²) < 4.78 is 3.06. The van der Waals surface area contributed by atoms with Crippen molar-refractivity contribution in [2.75, 3.05) is 0 Å². The summed E-state index contributed by atoms with van der Waals surface area (Å²) in [5.41, 5.74) is -0.109. The zero-order valence-electron chi connectivity index (χ0n) is 8.86. The molecule has 1 aromatic heterocycles. The molecular weight excluding hydrogens is 180 g/mol. The van der Waals surface area contributed by atoms with Crippen molar-refractivity contribution in [3.05, 3.63) is 22.9 Å². The summed E-state index contributed by atoms with van der Waals surface area (Å²) in [5.74, 6) is 0.0774. The Morgan fingerprint density at radius 3 is 2.50 bits per heavy atom. The van der Waals surface area contributed by atoms with Crippen LogP contribution in [0.15, 0.2) is 17.2 Å². The molecule has 0 atom stereocenters. The number of carbonyl (C=O) groups excluding carboxylic acids is 1. The zero-order valence-corrected chi connectivity index (χ0v) is 8.86. The Bertz CT molecular complexity index is 374. The van der Waals surface area contributed by atoms with Crippen LogP contribution in [0.3, 0.4) is 0 Å². The second kappa shape index (κ2) is 4.26. The van der Waals surface area contributed by atoms with Gasteiger partial charge in [-0.1, -0.05) is 6.92 Å². The van der Waals surface area contributed by atoms with E-state index in [2.05, 4.69) is 0 Å². The number of carbonyl (C=O) groups is 1. The minimum absolute atomic E-state index is 0.0774. The van der Waals surface area contributed by atoms with Gasteiger partial charge in [0, 0.05) is 24.9 Å². The molecule has 0 spiro atoms. The molecule has 0 aliphatic rings. The molecule has 0 bridgehead atoms. The first-order chi connectivity index (χ1) is 6.56. The summed E-state index contributed by atoms with van der Waals surface area (Å²) in [6.07, 6.45) is 3.85. The number of nitrogens with zero attached hydrogens (tertiary/aromatic N) is 2. The van der Waals surface area contributed by atoms with Gasteiger partial charge in [0.1, 0.15) is 0 Å². The third-order valence-corrected chi connectivity index (χ3v) is 2.17. The maximum Gasteiger partial charge on any atom is 0.328 e. The van der Waals surface area contributed by atoms with Crippen LogP contribution < -0.4 is 5.69 Å². The number of rotatable bonds is 4. The van der Waals surface area contributed by atoms with Gasteiger partial charge in [0.05, 0.1) is 6.54 Å². The molecule has 0 fully saturated rings. The molecule has 1 heterocycles. The van der Waals surface area contributed by atoms with E-state index in [0.717, 1.165) is 0 Å². The van der Waals surface area contributed by atoms with Crippen LogP contribution in [0.25, 0.3) is 0 Å². The summed E-state index contributed by atoms with van der Waals surface area (Å²) in [7, 11) is 0. The molecule has 0 unspecified atom stereocenters. The van der Waals surface area contributed by atoms with Crippen molar-refractivity contribution in [2.24, 2.45) is 0 Å². The summed E-state index contributed by atoms with van der Waals surface area (Å²) in [6, 6.07) is 0.139. The van der Waals surface area contributed by atoms with Crippen molar-refractivity contribution in [1.29, 1.82) is 0 Å². The molecular formula is C10H16N2O2. The Morgan fingerprint density at radius 2 is 2.07 bits per heavy atom. The standard InChI is InChI=1S/C10H16N2O2/c1-4-9(13)7-11-5-6-12(8(2)3)10(11)14/h5-6,8H,4,7H2,1-3H3. The van der Waals surface area contributed by atoms with Gasteiger partial charge < -0.3 is 0 Å². The van der Waals surface area contributed by atoms with Gasteiger partial charge in [0.15, 0.2) is 5.78 Å². The smallest absolute Gasteiger partial charge is 0.298 e. The average Bonchev–Trinajstić information content (AvgIpc) is 2.48. The number of Topliss-reactive ketones (excluding diaryl/α,β-unsaturated/α-hetero) is 1. The van der Waals surface area contributed by atoms with Crippen molar-refractivity contribution in [1.82, 2.24) is 9.13 Å². The van der Waals surface area contributed by atoms with Crippen LogP contribution in [-0.2, 0) is 11.3 Å². The van der Waals surface area contributed by atoms with Crippen LogP contribution in [0.1, 0.15) is 33.2 Å². The lowest BCUT2D eigenvalue weighted by Gasteiger charge is -2.04. The van der Waals surface area contributed by atoms with Crippen LogP contribution in [-0.4, -0.2) is 14.9 Å². The van der Waals surface area contributed by atoms with Crippen molar-refractivity contribution >= 4 is 5.78 Å². The van der Waals surface area contributed by atoms with E-state index in [1.165, 1.54) is 4.57 Å². The molecule has 14 heavy (non-hydrogen) atoms. The fraction of sp³-hybridized carbons (Fsp3) is 0.600. The minimum Gasteiger partial charge on any atom is -0.298 e. The molecule has 1 aromatic rings. The molecule has 0 saturated carbocycles. The molecule has 0 radical (unpaired) electrons. The third-order valence-electron chi connectivity index (χ3n) is 2.17. The number of imidazole rings is 1. The second-order valence-electron chi connectivity index (χ2n) is 3.60. The Balaban J connectivity index is 2.91. The third kappa shape index (κ3) is 2.13. The lowest BCUT2D eigenvalue weighted by atomic mass is 10.3. The number of hydrogen-bond donors (Lipinski definition) is 0. The maximum absolute atomic E-state index is 11.6. The molecule has 4 nitrogen and oxygen atoms in total. The van der Waals surface area contributed by atoms with Crippen LogP contribution >= 0.6 is 0 Å². The Labute approximate surface area is 83.2 Å². The first-order valence-corrected chi connectivity index (χ1v) is 4.85. The SMILES string of the molecule is CCC(=O)Cn1ccn(C(C)C)c1=O. The largest absolute Gasteiger partial charge is 0.328 e. The Hall–Kier alpha value is -1.32. The molecule has 78 valence electrons. The van der Waals surface area contributed by atoms with E-state index >= 15 is 0 Å². The Morgan fingerprint density at radius 1 is 1.43 bits per heavy atom. The van der Waals surface area contributed by atoms with E-state index in [-0.39, 0.29) is 24.1 Å². The maximum atomic E-state index is 11.6. The molecule has 0 aliphatic carbocycles. The molecule has 1 rings (SSSR count). The average molecular weight is 196 g/mol. The lowest BCUT2D eigenvalue weighted by molar-refractivity contribution is -0.119. The van der Waals surface area contributed by atoms with Crippen molar-refractivity contribution in [3.8, 4) is 0 Å². The van der Waals surface area contributed by atoms with Crippen LogP contribution in [0, 0.1) is 0 Å². The zero-order chi connectivity index (χ0) is 10.7. The van der Waals surface area contributed by atoms with Crippen LogP contribution in [0.2, 0.25) is 0 Å². The second-order valence-corrected chi connectivity index (χ2v) is 3.60. The monoisotopic (exact) mass is 196 g/mol. The van der Waals surface area contributed by atoms with Gasteiger partial charge in [-0.2, -0.15) is 0 Å². The molecule has 0 saturated heterocycles. The van der Waals surface area contributed by atoms with Gasteiger partial charge in [0.2, 0.25) is 0 Å². The van der Waals surface area contributed by atoms with E-state index in [1.54, 1.807) is 23.9 Å². The van der Waals surface area contributed by atoms with Gasteiger partial charge in [-0.25, -0.2) is 4.79 Å². The van der Waals surface area contributed by atoms with Crippen molar-refractivity contribution in [3.63, 3.8) is 0 Å². The molecule has 0 N–H and O–H groups in total. The van der Waals surface area contributed by atoms with Crippen LogP contribution in [0.5, 0.6) is 0 Å². The van der Waals surface area contributed by atoms with Crippen molar-refractivity contribution in [2.45, 2.75) is 39.8 Å². The highest BCUT2D eigenvalue weighted by molar-refractivity contribution is 5.77. The highest BCUT2D eigenvalue weighted by Crippen LogP contribution is 1.99. The summed E-state index contributed by atoms with van der Waals surface area (Å²) in [4.78, 5) is 22.8. The van der Waals surface area contributed by atoms with E-state index in [4.69, 9.17) is 0 Å². The molecule has 0 aromatic carbocycles. The van der Waals surface area contributed by atoms with Gasteiger partial charge in [-0.05, 0) is 13.8 Å². The van der Waals surface area contributed by atoms with Gasteiger partial charge >= 0.3 is 5.69 Å². The van der Waals surface area contributed by atoms with E-state index in [9.17, 15) is 9.59 Å². The van der Waals surface area contributed by atoms with Crippen molar-refractivity contribution < 1.29 is 4.79 Å². The van der Waals surface area contributed by atoms with Gasteiger partial charge in [-0.15, -0.1) is 0 Å². The summed E-state index contributed by atoms with van der Waals surface area (Å²) >= 11 is 0. The number of ketones is 1. The molecule has 0 aliphatic heterocycles. The topological polar surface area (TPSA) is 44.0 Å². The highest BCUT2D eigenvalue weighted by Gasteiger charge is 2.07. The molecule has 0 amide bonds. The van der Waals surface area contributed by atoms with E-state index < -0.39 is 0 Å². The van der Waals surface area contributed by atoms with Gasteiger partial charge in [0.25, 0.3) is 0 Å². The highest BCUT2D eigenvalue weighted by atomic mass is 16.2. The number of aromatic nitrogens is 2. The summed E-state index contributed by atoms with van der Waals surface area (Å²) in [5, 5.41) is 0. The lowest BCUT2D eigenvalue weighted by Crippen LogP contribution is -2.27. The normalized spacial score (nSPS) is 10.9. The Kier molecular flexibility index (Phi) is 3.28. The van der Waals surface area contributed by atoms with Crippen LogP contribution in [0.4, 0.5) is 0 Å².